The van der Waals surface area contributed by atoms with Crippen molar-refractivity contribution in [1.29, 1.82) is 0 Å². The van der Waals surface area contributed by atoms with Crippen LogP contribution in [0, 0.1) is 5.82 Å². The van der Waals surface area contributed by atoms with Crippen LogP contribution in [0.3, 0.4) is 0 Å². The van der Waals surface area contributed by atoms with Crippen molar-refractivity contribution in [2.24, 2.45) is 5.73 Å². The molecule has 0 aliphatic heterocycles. The molecule has 0 aliphatic carbocycles. The van der Waals surface area contributed by atoms with E-state index >= 15 is 0 Å². The summed E-state index contributed by atoms with van der Waals surface area (Å²) in [6.45, 7) is 6.81. The molecule has 0 saturated heterocycles. The van der Waals surface area contributed by atoms with E-state index in [9.17, 15) is 4.39 Å². The van der Waals surface area contributed by atoms with Crippen molar-refractivity contribution in [2.45, 2.75) is 45.6 Å². The Hall–Kier alpha value is -0.640. The molecule has 0 fully saturated rings. The van der Waals surface area contributed by atoms with E-state index in [4.69, 9.17) is 17.3 Å². The zero-order valence-corrected chi connectivity index (χ0v) is 13.3. The van der Waals surface area contributed by atoms with Gasteiger partial charge in [0.05, 0.1) is 0 Å². The molecule has 0 aromatic heterocycles. The predicted molar refractivity (Wildman–Crippen MR) is 84.6 cm³/mol. The molecule has 20 heavy (non-hydrogen) atoms. The zero-order chi connectivity index (χ0) is 15.0. The summed E-state index contributed by atoms with van der Waals surface area (Å²) in [7, 11) is 0. The molecule has 0 radical (unpaired) electrons. The topological polar surface area (TPSA) is 29.3 Å². The second-order valence-electron chi connectivity index (χ2n) is 5.20. The van der Waals surface area contributed by atoms with Crippen LogP contribution in [0.5, 0.6) is 0 Å². The highest BCUT2D eigenvalue weighted by Gasteiger charge is 2.19. The van der Waals surface area contributed by atoms with Gasteiger partial charge in [-0.2, -0.15) is 0 Å². The number of halogens is 2. The molecule has 2 nitrogen and oxygen atoms in total. The normalized spacial score (nSPS) is 12.9. The second kappa shape index (κ2) is 9.32. The maximum absolute atomic E-state index is 13.5. The summed E-state index contributed by atoms with van der Waals surface area (Å²) in [6, 6.07) is 4.75. The van der Waals surface area contributed by atoms with E-state index in [2.05, 4.69) is 18.7 Å². The first-order chi connectivity index (χ1) is 9.62. The third-order valence-corrected chi connectivity index (χ3v) is 3.75. The molecule has 1 rings (SSSR count). The first-order valence-electron chi connectivity index (χ1n) is 7.52. The Balaban J connectivity index is 2.91. The third-order valence-electron chi connectivity index (χ3n) is 3.53. The summed E-state index contributed by atoms with van der Waals surface area (Å²) in [5.74, 6) is -0.295. The summed E-state index contributed by atoms with van der Waals surface area (Å²) in [4.78, 5) is 2.36. The Morgan fingerprint density at radius 1 is 1.15 bits per heavy atom. The van der Waals surface area contributed by atoms with Crippen LogP contribution in [0.15, 0.2) is 18.2 Å². The van der Waals surface area contributed by atoms with Crippen LogP contribution in [0.25, 0.3) is 0 Å². The molecule has 1 atom stereocenters. The summed E-state index contributed by atoms with van der Waals surface area (Å²) >= 11 is 5.97. The van der Waals surface area contributed by atoms with E-state index in [0.29, 0.717) is 11.6 Å². The van der Waals surface area contributed by atoms with Crippen molar-refractivity contribution >= 4 is 11.6 Å². The number of benzene rings is 1. The average Bonchev–Trinajstić information content (AvgIpc) is 2.40. The van der Waals surface area contributed by atoms with Gasteiger partial charge in [0.25, 0.3) is 0 Å². The lowest BCUT2D eigenvalue weighted by molar-refractivity contribution is 0.195. The molecule has 1 unspecified atom stereocenters. The van der Waals surface area contributed by atoms with Gasteiger partial charge in [-0.25, -0.2) is 4.39 Å². The van der Waals surface area contributed by atoms with Crippen LogP contribution in [-0.4, -0.2) is 24.5 Å². The molecule has 2 N–H and O–H groups in total. The summed E-state index contributed by atoms with van der Waals surface area (Å²) in [5.41, 5.74) is 6.82. The third kappa shape index (κ3) is 5.39. The molecular weight excluding hydrogens is 275 g/mol. The molecule has 0 bridgehead atoms. The van der Waals surface area contributed by atoms with Gasteiger partial charge in [-0.15, -0.1) is 0 Å². The van der Waals surface area contributed by atoms with Gasteiger partial charge in [-0.05, 0) is 49.7 Å². The Morgan fingerprint density at radius 2 is 1.75 bits per heavy atom. The minimum absolute atomic E-state index is 0.0429. The van der Waals surface area contributed by atoms with Crippen molar-refractivity contribution in [3.8, 4) is 0 Å². The van der Waals surface area contributed by atoms with Crippen LogP contribution >= 0.6 is 11.6 Å². The molecule has 0 aliphatic rings. The highest BCUT2D eigenvalue weighted by molar-refractivity contribution is 6.30. The van der Waals surface area contributed by atoms with Gasteiger partial charge in [0.15, 0.2) is 0 Å². The van der Waals surface area contributed by atoms with Gasteiger partial charge in [-0.1, -0.05) is 38.3 Å². The SMILES string of the molecule is CCCCN(CCCC)C(CN)c1cc(F)cc(Cl)c1. The van der Waals surface area contributed by atoms with Crippen LogP contribution in [0.4, 0.5) is 4.39 Å². The molecular formula is C16H26ClFN2. The van der Waals surface area contributed by atoms with E-state index in [0.717, 1.165) is 44.3 Å². The fraction of sp³-hybridized carbons (Fsp3) is 0.625. The van der Waals surface area contributed by atoms with E-state index in [-0.39, 0.29) is 11.9 Å². The van der Waals surface area contributed by atoms with Gasteiger partial charge in [-0.3, -0.25) is 4.90 Å². The molecule has 114 valence electrons. The van der Waals surface area contributed by atoms with E-state index in [1.807, 2.05) is 6.07 Å². The molecule has 0 saturated carbocycles. The number of nitrogens with two attached hydrogens (primary N) is 1. The zero-order valence-electron chi connectivity index (χ0n) is 12.5. The Bertz CT molecular complexity index is 370. The first kappa shape index (κ1) is 17.4. The maximum Gasteiger partial charge on any atom is 0.125 e. The molecule has 1 aromatic rings. The minimum Gasteiger partial charge on any atom is -0.329 e. The average molecular weight is 301 g/mol. The maximum atomic E-state index is 13.5. The van der Waals surface area contributed by atoms with Gasteiger partial charge in [0.1, 0.15) is 5.82 Å². The minimum atomic E-state index is -0.295. The molecule has 0 spiro atoms. The largest absolute Gasteiger partial charge is 0.329 e. The number of rotatable bonds is 9. The van der Waals surface area contributed by atoms with Crippen LogP contribution < -0.4 is 5.73 Å². The van der Waals surface area contributed by atoms with Crippen molar-refractivity contribution < 1.29 is 4.39 Å². The lowest BCUT2D eigenvalue weighted by atomic mass is 10.0. The van der Waals surface area contributed by atoms with Crippen LogP contribution in [0.1, 0.15) is 51.1 Å². The first-order valence-corrected chi connectivity index (χ1v) is 7.90. The number of nitrogens with zero attached hydrogens (tertiary/aromatic N) is 1. The predicted octanol–water partition coefficient (Wildman–Crippen LogP) is 4.38. The van der Waals surface area contributed by atoms with Crippen molar-refractivity contribution in [3.63, 3.8) is 0 Å². The van der Waals surface area contributed by atoms with Crippen molar-refractivity contribution in [1.82, 2.24) is 4.90 Å². The quantitative estimate of drug-likeness (QED) is 0.733. The Labute approximate surface area is 127 Å². The summed E-state index contributed by atoms with van der Waals surface area (Å²) in [6.07, 6.45) is 4.54. The second-order valence-corrected chi connectivity index (χ2v) is 5.63. The van der Waals surface area contributed by atoms with Crippen molar-refractivity contribution in [3.05, 3.63) is 34.6 Å². The Kier molecular flexibility index (Phi) is 8.12. The molecule has 0 amide bonds. The van der Waals surface area contributed by atoms with E-state index in [1.165, 1.54) is 6.07 Å². The van der Waals surface area contributed by atoms with Gasteiger partial charge in [0.2, 0.25) is 0 Å². The number of hydrogen-bond donors (Lipinski definition) is 1. The van der Waals surface area contributed by atoms with E-state index in [1.54, 1.807) is 6.07 Å². The molecule has 0 heterocycles. The summed E-state index contributed by atoms with van der Waals surface area (Å²) in [5, 5.41) is 0.435. The van der Waals surface area contributed by atoms with Gasteiger partial charge >= 0.3 is 0 Å². The lowest BCUT2D eigenvalue weighted by Crippen LogP contribution is -2.35. The number of hydrogen-bond acceptors (Lipinski definition) is 2. The number of unbranched alkanes of at least 4 members (excludes halogenated alkanes) is 2. The molecule has 4 heteroatoms. The Morgan fingerprint density at radius 3 is 2.20 bits per heavy atom. The fourth-order valence-electron chi connectivity index (χ4n) is 2.41. The van der Waals surface area contributed by atoms with Gasteiger partial charge < -0.3 is 5.73 Å². The fourth-order valence-corrected chi connectivity index (χ4v) is 2.64. The van der Waals surface area contributed by atoms with E-state index < -0.39 is 0 Å². The smallest absolute Gasteiger partial charge is 0.125 e. The lowest BCUT2D eigenvalue weighted by Gasteiger charge is -2.31. The monoisotopic (exact) mass is 300 g/mol. The van der Waals surface area contributed by atoms with Crippen molar-refractivity contribution in [2.75, 3.05) is 19.6 Å². The van der Waals surface area contributed by atoms with Gasteiger partial charge in [0, 0.05) is 17.6 Å². The summed E-state index contributed by atoms with van der Waals surface area (Å²) < 4.78 is 13.5. The standard InChI is InChI=1S/C16H26ClFN2/c1-3-5-7-20(8-6-4-2)16(12-19)13-9-14(17)11-15(18)10-13/h9-11,16H,3-8,12,19H2,1-2H3. The molecule has 1 aromatic carbocycles. The van der Waals surface area contributed by atoms with Crippen LogP contribution in [0.2, 0.25) is 5.02 Å². The highest BCUT2D eigenvalue weighted by atomic mass is 35.5. The van der Waals surface area contributed by atoms with Crippen LogP contribution in [-0.2, 0) is 0 Å². The highest BCUT2D eigenvalue weighted by Crippen LogP contribution is 2.25.